The number of halogens is 1. The molecule has 0 unspecified atom stereocenters. The summed E-state index contributed by atoms with van der Waals surface area (Å²) in [4.78, 5) is 10.3. The molecule has 1 aliphatic rings. The van der Waals surface area contributed by atoms with Gasteiger partial charge < -0.3 is 0 Å². The Balaban J connectivity index is 2.84. The second kappa shape index (κ2) is 2.93. The summed E-state index contributed by atoms with van der Waals surface area (Å²) in [5.74, 6) is 0. The SMILES string of the molecule is O=CC1=Cc2cccc(Cl)c2S1(=O)=O. The van der Waals surface area contributed by atoms with Crippen LogP contribution in [0.5, 0.6) is 0 Å². The zero-order chi connectivity index (χ0) is 10.3. The van der Waals surface area contributed by atoms with E-state index in [1.165, 1.54) is 12.1 Å². The first-order chi connectivity index (χ1) is 6.57. The van der Waals surface area contributed by atoms with Crippen LogP contribution in [0, 0.1) is 0 Å². The molecule has 0 bridgehead atoms. The zero-order valence-corrected chi connectivity index (χ0v) is 8.47. The van der Waals surface area contributed by atoms with Gasteiger partial charge in [-0.25, -0.2) is 8.42 Å². The van der Waals surface area contributed by atoms with Crippen molar-refractivity contribution in [2.75, 3.05) is 0 Å². The molecular formula is C9H5ClO3S. The zero-order valence-electron chi connectivity index (χ0n) is 6.90. The van der Waals surface area contributed by atoms with Gasteiger partial charge in [-0.15, -0.1) is 0 Å². The number of hydrogen-bond acceptors (Lipinski definition) is 3. The van der Waals surface area contributed by atoms with Crippen LogP contribution < -0.4 is 0 Å². The summed E-state index contributed by atoms with van der Waals surface area (Å²) in [6, 6.07) is 4.73. The molecule has 0 radical (unpaired) electrons. The van der Waals surface area contributed by atoms with Crippen LogP contribution in [0.15, 0.2) is 28.0 Å². The smallest absolute Gasteiger partial charge is 0.211 e. The molecule has 0 atom stereocenters. The highest BCUT2D eigenvalue weighted by atomic mass is 35.5. The third-order valence-electron chi connectivity index (χ3n) is 1.99. The second-order valence-electron chi connectivity index (χ2n) is 2.83. The van der Waals surface area contributed by atoms with Gasteiger partial charge in [0.2, 0.25) is 9.84 Å². The summed E-state index contributed by atoms with van der Waals surface area (Å²) in [7, 11) is -3.67. The quantitative estimate of drug-likeness (QED) is 0.687. The molecule has 1 aromatic rings. The first-order valence-corrected chi connectivity index (χ1v) is 5.64. The molecule has 0 saturated carbocycles. The minimum Gasteiger partial charge on any atom is -0.297 e. The largest absolute Gasteiger partial charge is 0.297 e. The Morgan fingerprint density at radius 3 is 2.57 bits per heavy atom. The van der Waals surface area contributed by atoms with Crippen molar-refractivity contribution in [1.29, 1.82) is 0 Å². The van der Waals surface area contributed by atoms with Gasteiger partial charge in [0.15, 0.2) is 6.29 Å². The molecule has 1 aliphatic heterocycles. The fourth-order valence-corrected chi connectivity index (χ4v) is 3.26. The van der Waals surface area contributed by atoms with E-state index in [1.54, 1.807) is 12.1 Å². The van der Waals surface area contributed by atoms with Crippen LogP contribution in [0.1, 0.15) is 5.56 Å². The maximum Gasteiger partial charge on any atom is 0.211 e. The lowest BCUT2D eigenvalue weighted by molar-refractivity contribution is -0.104. The van der Waals surface area contributed by atoms with Crippen molar-refractivity contribution in [3.05, 3.63) is 33.7 Å². The van der Waals surface area contributed by atoms with E-state index < -0.39 is 9.84 Å². The Hall–Kier alpha value is -1.13. The topological polar surface area (TPSA) is 51.2 Å². The summed E-state index contributed by atoms with van der Waals surface area (Å²) < 4.78 is 23.3. The number of sulfone groups is 1. The van der Waals surface area contributed by atoms with E-state index in [0.717, 1.165) is 0 Å². The van der Waals surface area contributed by atoms with Crippen molar-refractivity contribution in [1.82, 2.24) is 0 Å². The summed E-state index contributed by atoms with van der Waals surface area (Å²) >= 11 is 5.75. The number of benzene rings is 1. The molecule has 0 amide bonds. The normalized spacial score (nSPS) is 17.4. The Labute approximate surface area is 85.9 Å². The van der Waals surface area contributed by atoms with E-state index in [0.29, 0.717) is 11.8 Å². The van der Waals surface area contributed by atoms with Gasteiger partial charge in [-0.1, -0.05) is 23.7 Å². The fourth-order valence-electron chi connectivity index (χ4n) is 1.37. The lowest BCUT2D eigenvalue weighted by Crippen LogP contribution is -2.01. The van der Waals surface area contributed by atoms with Gasteiger partial charge >= 0.3 is 0 Å². The summed E-state index contributed by atoms with van der Waals surface area (Å²) in [6.07, 6.45) is 1.65. The first-order valence-electron chi connectivity index (χ1n) is 3.78. The van der Waals surface area contributed by atoms with Gasteiger partial charge in [0.05, 0.1) is 9.92 Å². The van der Waals surface area contributed by atoms with Crippen LogP contribution in [0.25, 0.3) is 6.08 Å². The molecule has 3 nitrogen and oxygen atoms in total. The Morgan fingerprint density at radius 2 is 2.00 bits per heavy atom. The van der Waals surface area contributed by atoms with Gasteiger partial charge in [-0.05, 0) is 17.7 Å². The van der Waals surface area contributed by atoms with Crippen molar-refractivity contribution < 1.29 is 13.2 Å². The highest BCUT2D eigenvalue weighted by molar-refractivity contribution is 7.96. The summed E-state index contributed by atoms with van der Waals surface area (Å²) in [5, 5.41) is 0.149. The number of allylic oxidation sites excluding steroid dienone is 1. The van der Waals surface area contributed by atoms with Gasteiger partial charge in [0.25, 0.3) is 0 Å². The van der Waals surface area contributed by atoms with E-state index >= 15 is 0 Å². The lowest BCUT2D eigenvalue weighted by atomic mass is 10.2. The standard InChI is InChI=1S/C9H5ClO3S/c10-8-3-1-2-6-4-7(5-11)14(12,13)9(6)8/h1-5H. The van der Waals surface area contributed by atoms with Crippen molar-refractivity contribution in [2.45, 2.75) is 4.90 Å². The summed E-state index contributed by atoms with van der Waals surface area (Å²) in [6.45, 7) is 0. The van der Waals surface area contributed by atoms with Gasteiger partial charge in [-0.2, -0.15) is 0 Å². The fraction of sp³-hybridized carbons (Fsp3) is 0. The molecule has 0 aliphatic carbocycles. The number of hydrogen-bond donors (Lipinski definition) is 0. The average molecular weight is 229 g/mol. The van der Waals surface area contributed by atoms with E-state index in [2.05, 4.69) is 0 Å². The molecule has 0 saturated heterocycles. The van der Waals surface area contributed by atoms with Crippen molar-refractivity contribution in [3.63, 3.8) is 0 Å². The Morgan fingerprint density at radius 1 is 1.29 bits per heavy atom. The first kappa shape index (κ1) is 9.43. The minimum absolute atomic E-state index is 0.0313. The predicted molar refractivity (Wildman–Crippen MR) is 52.7 cm³/mol. The van der Waals surface area contributed by atoms with Crippen LogP contribution in [0.4, 0.5) is 0 Å². The molecule has 1 heterocycles. The van der Waals surface area contributed by atoms with E-state index in [1.807, 2.05) is 0 Å². The van der Waals surface area contributed by atoms with Crippen LogP contribution in [0.3, 0.4) is 0 Å². The van der Waals surface area contributed by atoms with Crippen molar-refractivity contribution >= 4 is 33.8 Å². The maximum absolute atomic E-state index is 11.7. The molecule has 5 heteroatoms. The van der Waals surface area contributed by atoms with Gasteiger partial charge in [0, 0.05) is 0 Å². The van der Waals surface area contributed by atoms with E-state index in [4.69, 9.17) is 11.6 Å². The van der Waals surface area contributed by atoms with Gasteiger partial charge in [0.1, 0.15) is 4.91 Å². The molecule has 14 heavy (non-hydrogen) atoms. The molecule has 0 N–H and O–H groups in total. The number of fused-ring (bicyclic) bond motifs is 1. The number of rotatable bonds is 1. The Bertz CT molecular complexity index is 543. The minimum atomic E-state index is -3.67. The molecule has 2 rings (SSSR count). The Kier molecular flexibility index (Phi) is 1.97. The average Bonchev–Trinajstić information content (AvgIpc) is 2.38. The third kappa shape index (κ3) is 1.11. The third-order valence-corrected chi connectivity index (χ3v) is 4.25. The highest BCUT2D eigenvalue weighted by Crippen LogP contribution is 2.36. The highest BCUT2D eigenvalue weighted by Gasteiger charge is 2.31. The molecule has 72 valence electrons. The van der Waals surface area contributed by atoms with E-state index in [9.17, 15) is 13.2 Å². The lowest BCUT2D eigenvalue weighted by Gasteiger charge is -2.00. The van der Waals surface area contributed by atoms with Crippen LogP contribution in [-0.4, -0.2) is 14.7 Å². The molecule has 0 fully saturated rings. The van der Waals surface area contributed by atoms with Crippen molar-refractivity contribution in [2.24, 2.45) is 0 Å². The van der Waals surface area contributed by atoms with Crippen LogP contribution >= 0.6 is 11.6 Å². The monoisotopic (exact) mass is 228 g/mol. The van der Waals surface area contributed by atoms with Crippen molar-refractivity contribution in [3.8, 4) is 0 Å². The number of carbonyl (C=O) groups is 1. The molecule has 0 spiro atoms. The molecule has 1 aromatic carbocycles. The number of aldehydes is 1. The molecule has 0 aromatic heterocycles. The summed E-state index contributed by atoms with van der Waals surface area (Å²) in [5.41, 5.74) is 0.472. The molecular weight excluding hydrogens is 224 g/mol. The number of carbonyl (C=O) groups excluding carboxylic acids is 1. The predicted octanol–water partition coefficient (Wildman–Crippen LogP) is 1.67. The van der Waals surface area contributed by atoms with Crippen LogP contribution in [0.2, 0.25) is 5.02 Å². The maximum atomic E-state index is 11.7. The van der Waals surface area contributed by atoms with E-state index in [-0.39, 0.29) is 14.8 Å². The van der Waals surface area contributed by atoms with Crippen LogP contribution in [-0.2, 0) is 14.6 Å². The second-order valence-corrected chi connectivity index (χ2v) is 5.12. The van der Waals surface area contributed by atoms with Gasteiger partial charge in [-0.3, -0.25) is 4.79 Å².